The Balaban J connectivity index is 1.17. The zero-order valence-corrected chi connectivity index (χ0v) is 25.1. The molecule has 0 bridgehead atoms. The van der Waals surface area contributed by atoms with Gasteiger partial charge in [0.15, 0.2) is 0 Å². The molecule has 0 unspecified atom stereocenters. The van der Waals surface area contributed by atoms with Crippen LogP contribution in [0.5, 0.6) is 0 Å². The first kappa shape index (κ1) is 26.7. The third kappa shape index (κ3) is 4.77. The van der Waals surface area contributed by atoms with Gasteiger partial charge in [0.05, 0.1) is 33.5 Å². The van der Waals surface area contributed by atoms with Gasteiger partial charge in [0.2, 0.25) is 0 Å². The van der Waals surface area contributed by atoms with E-state index in [1.807, 2.05) is 18.2 Å². The molecule has 0 atom stereocenters. The van der Waals surface area contributed by atoms with Gasteiger partial charge < -0.3 is 0 Å². The molecule has 45 heavy (non-hydrogen) atoms. The summed E-state index contributed by atoms with van der Waals surface area (Å²) in [7, 11) is 0. The van der Waals surface area contributed by atoms with Crippen LogP contribution in [0.4, 0.5) is 0 Å². The van der Waals surface area contributed by atoms with Gasteiger partial charge >= 0.3 is 0 Å². The maximum atomic E-state index is 5.21. The second kappa shape index (κ2) is 11.0. The van der Waals surface area contributed by atoms with Crippen LogP contribution in [0.1, 0.15) is 11.1 Å². The van der Waals surface area contributed by atoms with E-state index in [1.165, 1.54) is 0 Å². The monoisotopic (exact) mass is 578 g/mol. The Labute approximate surface area is 262 Å². The fourth-order valence-corrected chi connectivity index (χ4v) is 6.08. The second-order valence-corrected chi connectivity index (χ2v) is 11.4. The summed E-state index contributed by atoms with van der Waals surface area (Å²) in [5, 5.41) is 0. The first-order valence-electron chi connectivity index (χ1n) is 15.2. The molecule has 8 rings (SSSR count). The van der Waals surface area contributed by atoms with Gasteiger partial charge in [-0.15, -0.1) is 0 Å². The highest BCUT2D eigenvalue weighted by molar-refractivity contribution is 5.90. The van der Waals surface area contributed by atoms with Crippen LogP contribution in [0.25, 0.3) is 72.8 Å². The first-order valence-corrected chi connectivity index (χ1v) is 15.2. The summed E-state index contributed by atoms with van der Waals surface area (Å²) in [5.74, 6) is 0.929. The molecule has 0 aliphatic carbocycles. The maximum absolute atomic E-state index is 5.21. The predicted octanol–water partition coefficient (Wildman–Crippen LogP) is 10.3. The van der Waals surface area contributed by atoms with E-state index in [9.17, 15) is 0 Å². The van der Waals surface area contributed by atoms with E-state index < -0.39 is 0 Å². The number of fused-ring (bicyclic) bond motifs is 2. The van der Waals surface area contributed by atoms with Gasteiger partial charge in [-0.25, -0.2) is 15.0 Å². The van der Waals surface area contributed by atoms with Crippen LogP contribution in [0.3, 0.4) is 0 Å². The predicted molar refractivity (Wildman–Crippen MR) is 185 cm³/mol. The van der Waals surface area contributed by atoms with E-state index >= 15 is 0 Å². The van der Waals surface area contributed by atoms with Crippen molar-refractivity contribution in [2.24, 2.45) is 0 Å². The Morgan fingerprint density at radius 3 is 1.47 bits per heavy atom. The number of aromatic nitrogens is 4. The number of benzene rings is 6. The van der Waals surface area contributed by atoms with E-state index in [0.29, 0.717) is 0 Å². The minimum atomic E-state index is 0.893. The highest BCUT2D eigenvalue weighted by atomic mass is 15.1. The quantitative estimate of drug-likeness (QED) is 0.204. The zero-order valence-electron chi connectivity index (χ0n) is 25.1. The van der Waals surface area contributed by atoms with Gasteiger partial charge in [-0.3, -0.25) is 4.57 Å². The molecule has 214 valence electrons. The molecular weight excluding hydrogens is 548 g/mol. The highest BCUT2D eigenvalue weighted by Crippen LogP contribution is 2.35. The topological polar surface area (TPSA) is 43.6 Å². The van der Waals surface area contributed by atoms with Crippen LogP contribution in [0.15, 0.2) is 146 Å². The number of hydrogen-bond donors (Lipinski definition) is 0. The summed E-state index contributed by atoms with van der Waals surface area (Å²) >= 11 is 0. The number of imidazole rings is 1. The largest absolute Gasteiger partial charge is 0.292 e. The normalized spacial score (nSPS) is 11.3. The minimum Gasteiger partial charge on any atom is -0.292 e. The smallest absolute Gasteiger partial charge is 0.145 e. The van der Waals surface area contributed by atoms with Crippen molar-refractivity contribution in [1.82, 2.24) is 19.5 Å². The Morgan fingerprint density at radius 1 is 0.400 bits per heavy atom. The Bertz CT molecular complexity index is 2300. The van der Waals surface area contributed by atoms with E-state index in [2.05, 4.69) is 146 Å². The number of rotatable bonds is 5. The Morgan fingerprint density at radius 2 is 0.867 bits per heavy atom. The molecule has 2 heterocycles. The van der Waals surface area contributed by atoms with Crippen molar-refractivity contribution in [3.8, 4) is 50.7 Å². The molecule has 0 saturated heterocycles. The van der Waals surface area contributed by atoms with Crippen molar-refractivity contribution in [3.63, 3.8) is 0 Å². The lowest BCUT2D eigenvalue weighted by Crippen LogP contribution is -1.98. The van der Waals surface area contributed by atoms with Crippen molar-refractivity contribution in [2.75, 3.05) is 0 Å². The van der Waals surface area contributed by atoms with Gasteiger partial charge in [0.1, 0.15) is 5.82 Å². The van der Waals surface area contributed by atoms with Gasteiger partial charge in [-0.1, -0.05) is 121 Å². The Kier molecular flexibility index (Phi) is 6.54. The summed E-state index contributed by atoms with van der Waals surface area (Å²) in [5.41, 5.74) is 14.6. The summed E-state index contributed by atoms with van der Waals surface area (Å²) in [6, 6.07) is 50.7. The lowest BCUT2D eigenvalue weighted by atomic mass is 9.98. The molecule has 0 saturated carbocycles. The van der Waals surface area contributed by atoms with E-state index in [4.69, 9.17) is 15.0 Å². The van der Waals surface area contributed by atoms with Crippen LogP contribution in [-0.2, 0) is 0 Å². The molecule has 0 radical (unpaired) electrons. The van der Waals surface area contributed by atoms with Crippen molar-refractivity contribution in [1.29, 1.82) is 0 Å². The average Bonchev–Trinajstić information content (AvgIpc) is 3.50. The summed E-state index contributed by atoms with van der Waals surface area (Å²) in [4.78, 5) is 15.4. The van der Waals surface area contributed by atoms with E-state index in [1.54, 1.807) is 0 Å². The van der Waals surface area contributed by atoms with Crippen molar-refractivity contribution >= 4 is 22.1 Å². The number of aryl methyl sites for hydroxylation is 2. The SMILES string of the molecule is Cc1ccc(C)c2nc(-c3ccc(-c4ccc(-c5nc6ccccc6n5-c5ccccc5)cc4)cc3)c(-c3ccccc3)nc12. The van der Waals surface area contributed by atoms with Gasteiger partial charge in [0.25, 0.3) is 0 Å². The molecule has 0 fully saturated rings. The second-order valence-electron chi connectivity index (χ2n) is 11.4. The highest BCUT2D eigenvalue weighted by Gasteiger charge is 2.17. The minimum absolute atomic E-state index is 0.893. The van der Waals surface area contributed by atoms with Crippen molar-refractivity contribution in [2.45, 2.75) is 13.8 Å². The zero-order chi connectivity index (χ0) is 30.3. The maximum Gasteiger partial charge on any atom is 0.145 e. The molecule has 0 aliphatic rings. The van der Waals surface area contributed by atoms with Crippen LogP contribution in [0, 0.1) is 13.8 Å². The van der Waals surface area contributed by atoms with Crippen LogP contribution in [-0.4, -0.2) is 19.5 Å². The lowest BCUT2D eigenvalue weighted by molar-refractivity contribution is 1.10. The third-order valence-corrected chi connectivity index (χ3v) is 8.48. The molecule has 0 aliphatic heterocycles. The third-order valence-electron chi connectivity index (χ3n) is 8.48. The standard InChI is InChI=1S/C41H30N4/c1-27-17-18-28(2)38-37(27)43-39(31-11-5-3-6-12-31)40(44-38)32-23-19-29(20-24-32)30-21-25-33(26-22-30)41-42-35-15-9-10-16-36(35)45(41)34-13-7-4-8-14-34/h3-26H,1-2H3. The lowest BCUT2D eigenvalue weighted by Gasteiger charge is -2.13. The average molecular weight is 579 g/mol. The van der Waals surface area contributed by atoms with Gasteiger partial charge in [0, 0.05) is 22.4 Å². The van der Waals surface area contributed by atoms with Crippen molar-refractivity contribution in [3.05, 3.63) is 157 Å². The van der Waals surface area contributed by atoms with Crippen LogP contribution >= 0.6 is 0 Å². The fourth-order valence-electron chi connectivity index (χ4n) is 6.08. The summed E-state index contributed by atoms with van der Waals surface area (Å²) in [6.07, 6.45) is 0. The molecule has 0 spiro atoms. The molecule has 0 N–H and O–H groups in total. The molecular formula is C41H30N4. The number of hydrogen-bond acceptors (Lipinski definition) is 3. The molecule has 0 amide bonds. The Hall–Kier alpha value is -5.87. The fraction of sp³-hybridized carbons (Fsp3) is 0.0488. The molecule has 4 nitrogen and oxygen atoms in total. The molecule has 2 aromatic heterocycles. The van der Waals surface area contributed by atoms with Crippen LogP contribution < -0.4 is 0 Å². The molecule has 8 aromatic rings. The van der Waals surface area contributed by atoms with E-state index in [-0.39, 0.29) is 0 Å². The van der Waals surface area contributed by atoms with Crippen LogP contribution in [0.2, 0.25) is 0 Å². The molecule has 6 aromatic carbocycles. The number of nitrogens with zero attached hydrogens (tertiary/aromatic N) is 4. The first-order chi connectivity index (χ1) is 22.1. The number of para-hydroxylation sites is 3. The van der Waals surface area contributed by atoms with Crippen molar-refractivity contribution < 1.29 is 0 Å². The van der Waals surface area contributed by atoms with Gasteiger partial charge in [-0.05, 0) is 60.4 Å². The molecule has 4 heteroatoms. The summed E-state index contributed by atoms with van der Waals surface area (Å²) in [6.45, 7) is 4.20. The summed E-state index contributed by atoms with van der Waals surface area (Å²) < 4.78 is 2.23. The van der Waals surface area contributed by atoms with E-state index in [0.717, 1.165) is 83.9 Å². The van der Waals surface area contributed by atoms with Gasteiger partial charge in [-0.2, -0.15) is 0 Å².